The highest BCUT2D eigenvalue weighted by Crippen LogP contribution is 2.33. The molecule has 0 spiro atoms. The zero-order chi connectivity index (χ0) is 19.5. The van der Waals surface area contributed by atoms with Gasteiger partial charge in [-0.2, -0.15) is 0 Å². The summed E-state index contributed by atoms with van der Waals surface area (Å²) in [4.78, 5) is 0. The third-order valence-electron chi connectivity index (χ3n) is 4.13. The third-order valence-corrected chi connectivity index (χ3v) is 5.44. The number of benzene rings is 3. The first kappa shape index (κ1) is 18.7. The molecule has 1 aromatic heterocycles. The Bertz CT molecular complexity index is 1120. The molecule has 0 saturated carbocycles. The normalized spacial score (nSPS) is 11.0. The van der Waals surface area contributed by atoms with Crippen LogP contribution < -0.4 is 0 Å². The van der Waals surface area contributed by atoms with Crippen LogP contribution in [0.25, 0.3) is 17.1 Å². The number of nitrogens with zero attached hydrogens (tertiary/aromatic N) is 3. The Morgan fingerprint density at radius 2 is 1.64 bits per heavy atom. The van der Waals surface area contributed by atoms with Gasteiger partial charge in [0.1, 0.15) is 11.6 Å². The maximum Gasteiger partial charge on any atom is 0.196 e. The van der Waals surface area contributed by atoms with E-state index in [0.29, 0.717) is 27.3 Å². The molecule has 0 saturated heterocycles. The number of hydrogen-bond acceptors (Lipinski definition) is 3. The van der Waals surface area contributed by atoms with Crippen molar-refractivity contribution in [2.75, 3.05) is 0 Å². The lowest BCUT2D eigenvalue weighted by Gasteiger charge is -2.11. The molecule has 0 unspecified atom stereocenters. The second-order valence-corrected chi connectivity index (χ2v) is 7.33. The van der Waals surface area contributed by atoms with Gasteiger partial charge in [0.2, 0.25) is 0 Å². The van der Waals surface area contributed by atoms with Crippen LogP contribution in [-0.4, -0.2) is 14.8 Å². The predicted octanol–water partition coefficient (Wildman–Crippen LogP) is 6.16. The molecule has 0 bridgehead atoms. The molecular formula is C21H14ClF2N3S. The van der Waals surface area contributed by atoms with Crippen molar-refractivity contribution in [1.29, 1.82) is 0 Å². The van der Waals surface area contributed by atoms with E-state index in [0.717, 1.165) is 17.3 Å². The average Bonchev–Trinajstić information content (AvgIpc) is 3.12. The topological polar surface area (TPSA) is 30.7 Å². The van der Waals surface area contributed by atoms with Crippen LogP contribution in [0.5, 0.6) is 0 Å². The Balaban J connectivity index is 1.74. The van der Waals surface area contributed by atoms with Crippen LogP contribution in [0, 0.1) is 11.6 Å². The van der Waals surface area contributed by atoms with E-state index in [1.54, 1.807) is 6.07 Å². The molecule has 4 rings (SSSR count). The van der Waals surface area contributed by atoms with Gasteiger partial charge in [0.25, 0.3) is 0 Å². The Hall–Kier alpha value is -2.70. The van der Waals surface area contributed by atoms with Gasteiger partial charge in [-0.3, -0.25) is 4.57 Å². The number of hydrogen-bond donors (Lipinski definition) is 0. The molecule has 0 aliphatic heterocycles. The van der Waals surface area contributed by atoms with Crippen molar-refractivity contribution in [2.24, 2.45) is 0 Å². The number of thioether (sulfide) groups is 1. The van der Waals surface area contributed by atoms with Gasteiger partial charge >= 0.3 is 0 Å². The van der Waals surface area contributed by atoms with E-state index < -0.39 is 11.6 Å². The van der Waals surface area contributed by atoms with Crippen molar-refractivity contribution in [1.82, 2.24) is 14.8 Å². The predicted molar refractivity (Wildman–Crippen MR) is 108 cm³/mol. The lowest BCUT2D eigenvalue weighted by molar-refractivity contribution is 0.576. The zero-order valence-corrected chi connectivity index (χ0v) is 16.1. The maximum absolute atomic E-state index is 14.0. The number of halogens is 3. The van der Waals surface area contributed by atoms with Crippen molar-refractivity contribution in [3.05, 3.63) is 95.0 Å². The molecule has 28 heavy (non-hydrogen) atoms. The Morgan fingerprint density at radius 3 is 2.39 bits per heavy atom. The standard InChI is InChI=1S/C21H14ClF2N3S/c22-18-9-5-4-8-17(18)20-25-26-21(27(20)16-6-2-1-3-7-16)28-13-14-10-11-15(23)12-19(14)24/h1-12H,13H2. The van der Waals surface area contributed by atoms with Crippen molar-refractivity contribution < 1.29 is 8.78 Å². The largest absolute Gasteiger partial charge is 0.270 e. The summed E-state index contributed by atoms with van der Waals surface area (Å²) in [6.45, 7) is 0. The van der Waals surface area contributed by atoms with E-state index in [1.165, 1.54) is 23.9 Å². The molecule has 140 valence electrons. The van der Waals surface area contributed by atoms with Gasteiger partial charge in [-0.1, -0.05) is 59.8 Å². The fraction of sp³-hybridized carbons (Fsp3) is 0.0476. The summed E-state index contributed by atoms with van der Waals surface area (Å²) in [5.74, 6) is -0.289. The Kier molecular flexibility index (Phi) is 5.41. The number of aromatic nitrogens is 3. The summed E-state index contributed by atoms with van der Waals surface area (Å²) in [7, 11) is 0. The van der Waals surface area contributed by atoms with Crippen molar-refractivity contribution in [3.8, 4) is 17.1 Å². The molecule has 3 nitrogen and oxygen atoms in total. The number of rotatable bonds is 5. The summed E-state index contributed by atoms with van der Waals surface area (Å²) in [6.07, 6.45) is 0. The fourth-order valence-corrected chi connectivity index (χ4v) is 3.93. The third kappa shape index (κ3) is 3.79. The number of para-hydroxylation sites is 1. The molecule has 3 aromatic carbocycles. The summed E-state index contributed by atoms with van der Waals surface area (Å²) < 4.78 is 29.0. The molecule has 0 fully saturated rings. The minimum absolute atomic E-state index is 0.291. The van der Waals surface area contributed by atoms with Crippen LogP contribution in [0.15, 0.2) is 78.0 Å². The second kappa shape index (κ2) is 8.12. The molecule has 1 heterocycles. The van der Waals surface area contributed by atoms with E-state index in [4.69, 9.17) is 11.6 Å². The van der Waals surface area contributed by atoms with Gasteiger partial charge in [0, 0.05) is 23.1 Å². The lowest BCUT2D eigenvalue weighted by atomic mass is 10.2. The molecule has 0 aliphatic rings. The summed E-state index contributed by atoms with van der Waals surface area (Å²) >= 11 is 7.68. The average molecular weight is 414 g/mol. The fourth-order valence-electron chi connectivity index (χ4n) is 2.77. The summed E-state index contributed by atoms with van der Waals surface area (Å²) in [5, 5.41) is 9.77. The van der Waals surface area contributed by atoms with Gasteiger partial charge in [0.05, 0.1) is 5.02 Å². The smallest absolute Gasteiger partial charge is 0.196 e. The van der Waals surface area contributed by atoms with Gasteiger partial charge in [0.15, 0.2) is 11.0 Å². The summed E-state index contributed by atoms with van der Waals surface area (Å²) in [6, 6.07) is 20.6. The van der Waals surface area contributed by atoms with Gasteiger partial charge in [-0.15, -0.1) is 10.2 Å². The Labute approximate surface area is 170 Å². The first-order chi connectivity index (χ1) is 13.6. The Morgan fingerprint density at radius 1 is 0.893 bits per heavy atom. The van der Waals surface area contributed by atoms with Crippen LogP contribution >= 0.6 is 23.4 Å². The second-order valence-electron chi connectivity index (χ2n) is 5.98. The van der Waals surface area contributed by atoms with Gasteiger partial charge in [-0.05, 0) is 35.9 Å². The summed E-state index contributed by atoms with van der Waals surface area (Å²) in [5.41, 5.74) is 2.01. The van der Waals surface area contributed by atoms with Crippen LogP contribution in [0.4, 0.5) is 8.78 Å². The van der Waals surface area contributed by atoms with E-state index >= 15 is 0 Å². The van der Waals surface area contributed by atoms with Crippen molar-refractivity contribution >= 4 is 23.4 Å². The molecule has 0 amide bonds. The molecule has 0 aliphatic carbocycles. The molecule has 0 N–H and O–H groups in total. The highest BCUT2D eigenvalue weighted by Gasteiger charge is 2.18. The van der Waals surface area contributed by atoms with Crippen LogP contribution in [0.2, 0.25) is 5.02 Å². The van der Waals surface area contributed by atoms with Crippen molar-refractivity contribution in [2.45, 2.75) is 10.9 Å². The molecule has 0 radical (unpaired) electrons. The SMILES string of the molecule is Fc1ccc(CSc2nnc(-c3ccccc3Cl)n2-c2ccccc2)c(F)c1. The van der Waals surface area contributed by atoms with Crippen LogP contribution in [0.3, 0.4) is 0 Å². The molecule has 7 heteroatoms. The minimum atomic E-state index is -0.597. The molecule has 4 aromatic rings. The highest BCUT2D eigenvalue weighted by atomic mass is 35.5. The highest BCUT2D eigenvalue weighted by molar-refractivity contribution is 7.98. The van der Waals surface area contributed by atoms with Crippen LogP contribution in [0.1, 0.15) is 5.56 Å². The van der Waals surface area contributed by atoms with Gasteiger partial charge < -0.3 is 0 Å². The van der Waals surface area contributed by atoms with E-state index in [9.17, 15) is 8.78 Å². The zero-order valence-electron chi connectivity index (χ0n) is 14.5. The monoisotopic (exact) mass is 413 g/mol. The van der Waals surface area contributed by atoms with Gasteiger partial charge in [-0.25, -0.2) is 8.78 Å². The molecular weight excluding hydrogens is 400 g/mol. The van der Waals surface area contributed by atoms with Crippen molar-refractivity contribution in [3.63, 3.8) is 0 Å². The van der Waals surface area contributed by atoms with E-state index in [2.05, 4.69) is 10.2 Å². The maximum atomic E-state index is 14.0. The quantitative estimate of drug-likeness (QED) is 0.367. The van der Waals surface area contributed by atoms with E-state index in [-0.39, 0.29) is 0 Å². The van der Waals surface area contributed by atoms with E-state index in [1.807, 2.05) is 53.1 Å². The molecule has 0 atom stereocenters. The minimum Gasteiger partial charge on any atom is -0.270 e. The lowest BCUT2D eigenvalue weighted by Crippen LogP contribution is -2.00. The van der Waals surface area contributed by atoms with Crippen LogP contribution in [-0.2, 0) is 5.75 Å². The first-order valence-electron chi connectivity index (χ1n) is 8.46. The first-order valence-corrected chi connectivity index (χ1v) is 9.82.